The highest BCUT2D eigenvalue weighted by molar-refractivity contribution is 6.13. The lowest BCUT2D eigenvalue weighted by atomic mass is 10.1. The number of urea groups is 1. The number of carbonyl (C=O) groups is 2. The van der Waals surface area contributed by atoms with Gasteiger partial charge in [-0.05, 0) is 55.9 Å². The Labute approximate surface area is 245 Å². The van der Waals surface area contributed by atoms with E-state index in [0.29, 0.717) is 40.8 Å². The van der Waals surface area contributed by atoms with Crippen molar-refractivity contribution in [2.75, 3.05) is 23.8 Å². The number of hydrogen-bond acceptors (Lipinski definition) is 9. The predicted molar refractivity (Wildman–Crippen MR) is 157 cm³/mol. The van der Waals surface area contributed by atoms with Gasteiger partial charge in [0.2, 0.25) is 5.91 Å². The number of likely N-dealkylation sites (N-methyl/N-ethyl adjacent to an activating group) is 1. The first-order valence-electron chi connectivity index (χ1n) is 14.4. The Hall–Kier alpha value is -5.20. The summed E-state index contributed by atoms with van der Waals surface area (Å²) in [6, 6.07) is 5.32. The summed E-state index contributed by atoms with van der Waals surface area (Å²) in [5.74, 6) is 1.79. The Bertz CT molecular complexity index is 2030. The van der Waals surface area contributed by atoms with Crippen molar-refractivity contribution in [3.63, 3.8) is 0 Å². The summed E-state index contributed by atoms with van der Waals surface area (Å²) in [5, 5.41) is 3.35. The van der Waals surface area contributed by atoms with Crippen LogP contribution in [0.5, 0.6) is 0 Å². The molecule has 2 saturated carbocycles. The second-order valence-corrected chi connectivity index (χ2v) is 11.6. The van der Waals surface area contributed by atoms with Gasteiger partial charge in [-0.15, -0.1) is 0 Å². The number of pyridine rings is 2. The first-order chi connectivity index (χ1) is 20.8. The van der Waals surface area contributed by atoms with E-state index in [1.165, 1.54) is 11.9 Å². The first kappa shape index (κ1) is 25.5. The molecule has 5 aromatic heterocycles. The van der Waals surface area contributed by atoms with Crippen LogP contribution in [0, 0.1) is 6.92 Å². The molecule has 0 bridgehead atoms. The number of amides is 3. The second-order valence-electron chi connectivity index (χ2n) is 11.6. The standard InChI is InChI=1S/C30H28N10O3/c1-15-5-6-31-26(34-15)20-9-21(20)27-36-22-8-18(10-33-25(22)29(42)37-27)32-11-19-13-39-12-17(16-3-4-16)7-23(28(39)35-19)40-14-24(41)38(2)30(40)43/h5-8,10,12-13,16,20-21,32H,3-4,9,11,14H2,1-2H3,(H,36,37,42). The third kappa shape index (κ3) is 4.47. The number of hydrogen-bond donors (Lipinski definition) is 2. The predicted octanol–water partition coefficient (Wildman–Crippen LogP) is 3.22. The van der Waals surface area contributed by atoms with Gasteiger partial charge in [0.05, 0.1) is 35.3 Å². The lowest BCUT2D eigenvalue weighted by Gasteiger charge is -2.17. The molecule has 2 N–H and O–H groups in total. The Morgan fingerprint density at radius 3 is 2.67 bits per heavy atom. The number of nitrogens with zero attached hydrogens (tertiary/aromatic N) is 8. The molecule has 3 aliphatic rings. The molecule has 43 heavy (non-hydrogen) atoms. The van der Waals surface area contributed by atoms with Crippen LogP contribution in [-0.2, 0) is 11.3 Å². The minimum atomic E-state index is -0.351. The van der Waals surface area contributed by atoms with Gasteiger partial charge in [0.1, 0.15) is 18.2 Å². The molecule has 13 heteroatoms. The lowest BCUT2D eigenvalue weighted by Crippen LogP contribution is -2.30. The average molecular weight is 577 g/mol. The van der Waals surface area contributed by atoms with Crippen LogP contribution in [0.4, 0.5) is 16.2 Å². The number of H-pyrrole nitrogens is 1. The van der Waals surface area contributed by atoms with Crippen molar-refractivity contribution in [2.45, 2.75) is 50.5 Å². The molecule has 0 radical (unpaired) electrons. The largest absolute Gasteiger partial charge is 0.378 e. The highest BCUT2D eigenvalue weighted by atomic mass is 16.2. The second kappa shape index (κ2) is 9.41. The van der Waals surface area contributed by atoms with E-state index in [1.54, 1.807) is 12.4 Å². The van der Waals surface area contributed by atoms with E-state index in [0.717, 1.165) is 46.9 Å². The molecule has 216 valence electrons. The molecule has 5 aromatic rings. The fourth-order valence-electron chi connectivity index (χ4n) is 5.80. The van der Waals surface area contributed by atoms with Gasteiger partial charge in [0.15, 0.2) is 11.2 Å². The van der Waals surface area contributed by atoms with Gasteiger partial charge in [-0.1, -0.05) is 0 Å². The lowest BCUT2D eigenvalue weighted by molar-refractivity contribution is -0.123. The fraction of sp³-hybridized carbons (Fsp3) is 0.333. The van der Waals surface area contributed by atoms with E-state index in [4.69, 9.17) is 9.97 Å². The molecule has 2 unspecified atom stereocenters. The first-order valence-corrected chi connectivity index (χ1v) is 14.4. The molecule has 1 aliphatic heterocycles. The summed E-state index contributed by atoms with van der Waals surface area (Å²) in [4.78, 5) is 66.3. The Morgan fingerprint density at radius 1 is 1.05 bits per heavy atom. The zero-order valence-electron chi connectivity index (χ0n) is 23.6. The van der Waals surface area contributed by atoms with Crippen molar-refractivity contribution >= 4 is 40.0 Å². The van der Waals surface area contributed by atoms with Crippen molar-refractivity contribution in [1.29, 1.82) is 0 Å². The highest BCUT2D eigenvalue weighted by Crippen LogP contribution is 2.52. The summed E-state index contributed by atoms with van der Waals surface area (Å²) in [7, 11) is 1.50. The van der Waals surface area contributed by atoms with E-state index in [2.05, 4.69) is 31.4 Å². The number of anilines is 2. The SMILES string of the molecule is Cc1ccnc(C2CC2c2nc3cc(NCc4cn5cc(C6CC6)cc(N6CC(=O)N(C)C6=O)c5n4)cnc3c(=O)[nH]2)n1. The van der Waals surface area contributed by atoms with Crippen molar-refractivity contribution in [3.05, 3.63) is 81.9 Å². The third-order valence-electron chi connectivity index (χ3n) is 8.45. The van der Waals surface area contributed by atoms with Crippen LogP contribution >= 0.6 is 0 Å². The van der Waals surface area contributed by atoms with E-state index in [9.17, 15) is 14.4 Å². The van der Waals surface area contributed by atoms with Gasteiger partial charge in [0.25, 0.3) is 5.56 Å². The number of imide groups is 1. The third-order valence-corrected chi connectivity index (χ3v) is 8.45. The van der Waals surface area contributed by atoms with Gasteiger partial charge in [-0.25, -0.2) is 29.7 Å². The number of imidazole rings is 1. The van der Waals surface area contributed by atoms with E-state index < -0.39 is 0 Å². The van der Waals surface area contributed by atoms with Crippen LogP contribution in [-0.4, -0.2) is 64.7 Å². The molecule has 2 aliphatic carbocycles. The zero-order valence-corrected chi connectivity index (χ0v) is 23.6. The summed E-state index contributed by atoms with van der Waals surface area (Å²) in [5.41, 5.74) is 5.25. The number of nitrogens with one attached hydrogen (secondary N) is 2. The van der Waals surface area contributed by atoms with Gasteiger partial charge >= 0.3 is 6.03 Å². The normalized spacial score (nSPS) is 20.0. The van der Waals surface area contributed by atoms with Crippen LogP contribution < -0.4 is 15.8 Å². The Balaban J connectivity index is 1.06. The summed E-state index contributed by atoms with van der Waals surface area (Å²) >= 11 is 0. The molecule has 3 amide bonds. The molecule has 6 heterocycles. The van der Waals surface area contributed by atoms with Crippen molar-refractivity contribution in [3.8, 4) is 0 Å². The summed E-state index contributed by atoms with van der Waals surface area (Å²) in [6.45, 7) is 2.31. The maximum absolute atomic E-state index is 12.8. The van der Waals surface area contributed by atoms with Crippen LogP contribution in [0.3, 0.4) is 0 Å². The molecule has 13 nitrogen and oxygen atoms in total. The van der Waals surface area contributed by atoms with E-state index >= 15 is 0 Å². The minimum Gasteiger partial charge on any atom is -0.378 e. The number of aromatic nitrogens is 7. The smallest absolute Gasteiger partial charge is 0.331 e. The van der Waals surface area contributed by atoms with Gasteiger partial charge in [-0.3, -0.25) is 19.4 Å². The van der Waals surface area contributed by atoms with E-state index in [-0.39, 0.29) is 41.4 Å². The number of rotatable bonds is 7. The topological polar surface area (TPSA) is 154 Å². The average Bonchev–Trinajstić information content (AvgIpc) is 3.93. The van der Waals surface area contributed by atoms with Crippen LogP contribution in [0.25, 0.3) is 16.7 Å². The molecule has 2 atom stereocenters. The Morgan fingerprint density at radius 2 is 1.91 bits per heavy atom. The maximum atomic E-state index is 12.8. The van der Waals surface area contributed by atoms with Gasteiger partial charge in [-0.2, -0.15) is 0 Å². The van der Waals surface area contributed by atoms with Crippen molar-refractivity contribution in [1.82, 2.24) is 39.2 Å². The quantitative estimate of drug-likeness (QED) is 0.278. The number of aryl methyl sites for hydroxylation is 1. The van der Waals surface area contributed by atoms with Crippen LogP contribution in [0.1, 0.15) is 65.6 Å². The molecule has 0 spiro atoms. The molecular weight excluding hydrogens is 548 g/mol. The van der Waals surface area contributed by atoms with E-state index in [1.807, 2.05) is 35.7 Å². The van der Waals surface area contributed by atoms with Gasteiger partial charge < -0.3 is 14.7 Å². The highest BCUT2D eigenvalue weighted by Gasteiger charge is 2.44. The number of carbonyl (C=O) groups excluding carboxylic acids is 2. The molecule has 1 saturated heterocycles. The fourth-order valence-corrected chi connectivity index (χ4v) is 5.80. The van der Waals surface area contributed by atoms with Gasteiger partial charge in [0, 0.05) is 43.2 Å². The number of aromatic amines is 1. The number of fused-ring (bicyclic) bond motifs is 2. The molecule has 3 fully saturated rings. The summed E-state index contributed by atoms with van der Waals surface area (Å²) < 4.78 is 1.94. The molecular formula is C30H28N10O3. The molecule has 0 aromatic carbocycles. The molecule has 8 rings (SSSR count). The van der Waals surface area contributed by atoms with Crippen LogP contribution in [0.15, 0.2) is 47.8 Å². The summed E-state index contributed by atoms with van der Waals surface area (Å²) in [6.07, 6.45) is 10.4. The monoisotopic (exact) mass is 576 g/mol. The minimum absolute atomic E-state index is 0.00392. The van der Waals surface area contributed by atoms with Crippen molar-refractivity contribution < 1.29 is 9.59 Å². The Kier molecular flexibility index (Phi) is 5.58. The van der Waals surface area contributed by atoms with Crippen LogP contribution in [0.2, 0.25) is 0 Å². The maximum Gasteiger partial charge on any atom is 0.331 e. The van der Waals surface area contributed by atoms with Crippen molar-refractivity contribution in [2.24, 2.45) is 0 Å². The zero-order chi connectivity index (χ0) is 29.4.